The molecule has 0 radical (unpaired) electrons. The molecule has 1 heterocycles. The molecule has 7 nitrogen and oxygen atoms in total. The number of anilines is 2. The zero-order chi connectivity index (χ0) is 30.1. The molecular formula is C31H25Cl3N4O3S. The highest BCUT2D eigenvalue weighted by Gasteiger charge is 2.20. The van der Waals surface area contributed by atoms with Crippen molar-refractivity contribution < 1.29 is 14.4 Å². The smallest absolute Gasteiger partial charge is 0.272 e. The van der Waals surface area contributed by atoms with Gasteiger partial charge in [-0.3, -0.25) is 14.4 Å². The summed E-state index contributed by atoms with van der Waals surface area (Å²) in [6, 6.07) is 23.7. The van der Waals surface area contributed by atoms with Gasteiger partial charge in [-0.05, 0) is 72.7 Å². The molecule has 3 amide bonds. The summed E-state index contributed by atoms with van der Waals surface area (Å²) in [6.07, 6.45) is 3.50. The molecule has 0 aliphatic heterocycles. The van der Waals surface area contributed by atoms with Gasteiger partial charge in [-0.2, -0.15) is 0 Å². The maximum atomic E-state index is 13.4. The van der Waals surface area contributed by atoms with Gasteiger partial charge in [0.1, 0.15) is 11.5 Å². The number of carbonyl (C=O) groups is 3. The minimum Gasteiger partial charge on any atom is -0.321 e. The van der Waals surface area contributed by atoms with Crippen LogP contribution in [0.4, 0.5) is 11.5 Å². The summed E-state index contributed by atoms with van der Waals surface area (Å²) in [4.78, 5) is 44.1. The molecule has 0 aliphatic rings. The van der Waals surface area contributed by atoms with Gasteiger partial charge in [0, 0.05) is 32.4 Å². The van der Waals surface area contributed by atoms with Gasteiger partial charge in [-0.1, -0.05) is 72.1 Å². The van der Waals surface area contributed by atoms with Gasteiger partial charge in [-0.15, -0.1) is 11.8 Å². The second kappa shape index (κ2) is 14.9. The van der Waals surface area contributed by atoms with Crippen LogP contribution in [0.5, 0.6) is 0 Å². The van der Waals surface area contributed by atoms with Crippen molar-refractivity contribution in [2.75, 3.05) is 10.6 Å². The lowest BCUT2D eigenvalue weighted by atomic mass is 10.1. The van der Waals surface area contributed by atoms with E-state index in [0.717, 1.165) is 4.90 Å². The molecule has 0 aliphatic carbocycles. The molecule has 1 unspecified atom stereocenters. The van der Waals surface area contributed by atoms with Crippen molar-refractivity contribution in [1.29, 1.82) is 0 Å². The van der Waals surface area contributed by atoms with Gasteiger partial charge >= 0.3 is 0 Å². The Morgan fingerprint density at radius 2 is 1.64 bits per heavy atom. The first-order chi connectivity index (χ1) is 20.2. The topological polar surface area (TPSA) is 100 Å². The molecule has 0 spiro atoms. The first kappa shape index (κ1) is 31.1. The van der Waals surface area contributed by atoms with Crippen LogP contribution in [0.15, 0.2) is 102 Å². The third-order valence-corrected chi connectivity index (χ3v) is 7.95. The zero-order valence-electron chi connectivity index (χ0n) is 22.2. The number of hydrogen-bond acceptors (Lipinski definition) is 5. The van der Waals surface area contributed by atoms with Crippen LogP contribution >= 0.6 is 46.6 Å². The fraction of sp³-hybridized carbons (Fsp3) is 0.0968. The predicted octanol–water partition coefficient (Wildman–Crippen LogP) is 7.96. The van der Waals surface area contributed by atoms with E-state index in [1.54, 1.807) is 78.9 Å². The lowest BCUT2D eigenvalue weighted by Gasteiger charge is -2.16. The van der Waals surface area contributed by atoms with E-state index in [-0.39, 0.29) is 11.6 Å². The van der Waals surface area contributed by atoms with E-state index < -0.39 is 17.1 Å². The Morgan fingerprint density at radius 3 is 2.33 bits per heavy atom. The standard InChI is InChI=1S/C31H25Cl3N4O3S/c1-2-27(31(41)38-28-14-13-22(33)18-35-28)42-24-10-6-9-23(17-24)36-30(40)26(15-20-11-12-21(32)16-25(20)34)37-29(39)19-7-4-3-5-8-19/h3-18,27H,2H2,1H3,(H,36,40)(H,37,39)(H,35,38,41)/b26-15+. The quantitative estimate of drug-likeness (QED) is 0.121. The third kappa shape index (κ3) is 8.84. The fourth-order valence-electron chi connectivity index (χ4n) is 3.71. The number of nitrogens with one attached hydrogen (secondary N) is 3. The fourth-order valence-corrected chi connectivity index (χ4v) is 5.29. The number of aromatic nitrogens is 1. The largest absolute Gasteiger partial charge is 0.321 e. The molecule has 0 bridgehead atoms. The van der Waals surface area contributed by atoms with E-state index in [1.165, 1.54) is 24.0 Å². The van der Waals surface area contributed by atoms with Crippen LogP contribution < -0.4 is 16.0 Å². The number of amides is 3. The van der Waals surface area contributed by atoms with Crippen molar-refractivity contribution in [2.24, 2.45) is 0 Å². The van der Waals surface area contributed by atoms with Crippen molar-refractivity contribution in [3.05, 3.63) is 123 Å². The van der Waals surface area contributed by atoms with Gasteiger partial charge in [0.15, 0.2) is 0 Å². The van der Waals surface area contributed by atoms with Gasteiger partial charge in [0.2, 0.25) is 5.91 Å². The highest BCUT2D eigenvalue weighted by Crippen LogP contribution is 2.29. The molecule has 1 atom stereocenters. The van der Waals surface area contributed by atoms with Gasteiger partial charge in [0.05, 0.1) is 10.3 Å². The summed E-state index contributed by atoms with van der Waals surface area (Å²) in [7, 11) is 0. The summed E-state index contributed by atoms with van der Waals surface area (Å²) in [6.45, 7) is 1.91. The lowest BCUT2D eigenvalue weighted by Crippen LogP contribution is -2.30. The van der Waals surface area contributed by atoms with E-state index in [1.807, 2.05) is 13.0 Å². The Hall–Kier alpha value is -3.82. The number of benzene rings is 3. The maximum Gasteiger partial charge on any atom is 0.272 e. The van der Waals surface area contributed by atoms with Gasteiger partial charge < -0.3 is 16.0 Å². The molecule has 3 N–H and O–H groups in total. The Morgan fingerprint density at radius 1 is 0.881 bits per heavy atom. The summed E-state index contributed by atoms with van der Waals surface area (Å²) >= 11 is 19.6. The summed E-state index contributed by atoms with van der Waals surface area (Å²) in [5.74, 6) is -0.827. The minimum absolute atomic E-state index is 0.0209. The lowest BCUT2D eigenvalue weighted by molar-refractivity contribution is -0.116. The van der Waals surface area contributed by atoms with E-state index >= 15 is 0 Å². The Kier molecular flexibility index (Phi) is 11.0. The van der Waals surface area contributed by atoms with Crippen molar-refractivity contribution in [3.63, 3.8) is 0 Å². The molecule has 214 valence electrons. The molecule has 1 aromatic heterocycles. The molecule has 3 aromatic carbocycles. The number of rotatable bonds is 10. The van der Waals surface area contributed by atoms with Crippen molar-refractivity contribution in [1.82, 2.24) is 10.3 Å². The first-order valence-electron chi connectivity index (χ1n) is 12.8. The predicted molar refractivity (Wildman–Crippen MR) is 171 cm³/mol. The molecular weight excluding hydrogens is 615 g/mol. The number of halogens is 3. The summed E-state index contributed by atoms with van der Waals surface area (Å²) < 4.78 is 0. The highest BCUT2D eigenvalue weighted by molar-refractivity contribution is 8.00. The van der Waals surface area contributed by atoms with Crippen LogP contribution in [0.1, 0.15) is 29.3 Å². The minimum atomic E-state index is -0.564. The van der Waals surface area contributed by atoms with Crippen LogP contribution in [0.25, 0.3) is 6.08 Å². The molecule has 0 fully saturated rings. The van der Waals surface area contributed by atoms with Gasteiger partial charge in [0.25, 0.3) is 11.8 Å². The molecule has 4 aromatic rings. The molecule has 42 heavy (non-hydrogen) atoms. The Balaban J connectivity index is 1.52. The normalized spacial score (nSPS) is 11.9. The van der Waals surface area contributed by atoms with E-state index in [4.69, 9.17) is 34.8 Å². The number of hydrogen-bond donors (Lipinski definition) is 3. The average molecular weight is 640 g/mol. The number of nitrogens with zero attached hydrogens (tertiary/aromatic N) is 1. The Bertz CT molecular complexity index is 1620. The van der Waals surface area contributed by atoms with Crippen LogP contribution in [-0.4, -0.2) is 28.0 Å². The third-order valence-electron chi connectivity index (χ3n) is 5.80. The Labute approximate surface area is 262 Å². The zero-order valence-corrected chi connectivity index (χ0v) is 25.3. The number of carbonyl (C=O) groups excluding carboxylic acids is 3. The average Bonchev–Trinajstić information content (AvgIpc) is 2.98. The van der Waals surface area contributed by atoms with Crippen LogP contribution in [-0.2, 0) is 9.59 Å². The molecule has 0 saturated heterocycles. The maximum absolute atomic E-state index is 13.4. The molecule has 0 saturated carbocycles. The molecule has 4 rings (SSSR count). The van der Waals surface area contributed by atoms with Crippen molar-refractivity contribution in [2.45, 2.75) is 23.5 Å². The van der Waals surface area contributed by atoms with E-state index in [2.05, 4.69) is 20.9 Å². The second-order valence-electron chi connectivity index (χ2n) is 8.89. The first-order valence-corrected chi connectivity index (χ1v) is 14.8. The molecule has 11 heteroatoms. The van der Waals surface area contributed by atoms with Crippen molar-refractivity contribution >= 4 is 81.9 Å². The van der Waals surface area contributed by atoms with Crippen LogP contribution in [0.3, 0.4) is 0 Å². The van der Waals surface area contributed by atoms with E-state index in [9.17, 15) is 14.4 Å². The summed E-state index contributed by atoms with van der Waals surface area (Å²) in [5, 5.41) is 9.13. The van der Waals surface area contributed by atoms with E-state index in [0.29, 0.717) is 44.1 Å². The number of pyridine rings is 1. The van der Waals surface area contributed by atoms with Gasteiger partial charge in [-0.25, -0.2) is 4.98 Å². The van der Waals surface area contributed by atoms with Crippen LogP contribution in [0, 0.1) is 0 Å². The SMILES string of the molecule is CCC(Sc1cccc(NC(=O)/C(=C\c2ccc(Cl)cc2Cl)NC(=O)c2ccccc2)c1)C(=O)Nc1ccc(Cl)cn1. The summed E-state index contributed by atoms with van der Waals surface area (Å²) in [5.41, 5.74) is 1.33. The number of thioether (sulfide) groups is 1. The monoisotopic (exact) mass is 638 g/mol. The van der Waals surface area contributed by atoms with Crippen molar-refractivity contribution in [3.8, 4) is 0 Å². The van der Waals surface area contributed by atoms with Crippen LogP contribution in [0.2, 0.25) is 15.1 Å². The highest BCUT2D eigenvalue weighted by atomic mass is 35.5. The second-order valence-corrected chi connectivity index (χ2v) is 11.4.